The van der Waals surface area contributed by atoms with Crippen LogP contribution in [0.5, 0.6) is 0 Å². The van der Waals surface area contributed by atoms with Crippen molar-refractivity contribution in [3.63, 3.8) is 0 Å². The van der Waals surface area contributed by atoms with E-state index in [0.29, 0.717) is 17.5 Å². The molecule has 5 heteroatoms. The molecule has 0 spiro atoms. The highest BCUT2D eigenvalue weighted by Crippen LogP contribution is 2.29. The van der Waals surface area contributed by atoms with Crippen molar-refractivity contribution in [3.8, 4) is 6.07 Å². The van der Waals surface area contributed by atoms with Gasteiger partial charge in [-0.25, -0.2) is 4.98 Å². The van der Waals surface area contributed by atoms with Crippen LogP contribution < -0.4 is 5.56 Å². The van der Waals surface area contributed by atoms with Crippen LogP contribution in [0, 0.1) is 16.7 Å². The van der Waals surface area contributed by atoms with Gasteiger partial charge in [0.15, 0.2) is 0 Å². The molecule has 0 amide bonds. The molecule has 0 saturated heterocycles. The van der Waals surface area contributed by atoms with E-state index >= 15 is 0 Å². The highest BCUT2D eigenvalue weighted by atomic mass is 16.1. The number of hydrogen-bond donors (Lipinski definition) is 0. The van der Waals surface area contributed by atoms with Crippen LogP contribution in [0.4, 0.5) is 0 Å². The Bertz CT molecular complexity index is 1170. The molecule has 0 saturated carbocycles. The first kappa shape index (κ1) is 17.2. The van der Waals surface area contributed by atoms with Crippen LogP contribution in [0.25, 0.3) is 23.1 Å². The lowest BCUT2D eigenvalue weighted by Gasteiger charge is -2.31. The van der Waals surface area contributed by atoms with E-state index in [1.807, 2.05) is 34.9 Å². The van der Waals surface area contributed by atoms with E-state index in [1.165, 1.54) is 0 Å². The van der Waals surface area contributed by atoms with Crippen molar-refractivity contribution in [2.45, 2.75) is 33.2 Å². The maximum absolute atomic E-state index is 12.9. The Morgan fingerprint density at radius 1 is 1.22 bits per heavy atom. The van der Waals surface area contributed by atoms with Gasteiger partial charge in [-0.05, 0) is 47.7 Å². The number of hydrogen-bond acceptors (Lipinski definition) is 4. The lowest BCUT2D eigenvalue weighted by Crippen LogP contribution is -2.36. The third-order valence-electron chi connectivity index (χ3n) is 5.03. The molecule has 5 nitrogen and oxygen atoms in total. The first-order chi connectivity index (χ1) is 12.9. The average Bonchev–Trinajstić information content (AvgIpc) is 2.67. The number of aromatic nitrogens is 3. The van der Waals surface area contributed by atoms with Gasteiger partial charge in [0.25, 0.3) is 5.56 Å². The zero-order valence-electron chi connectivity index (χ0n) is 15.4. The van der Waals surface area contributed by atoms with Crippen LogP contribution in [0.1, 0.15) is 42.9 Å². The van der Waals surface area contributed by atoms with Gasteiger partial charge in [-0.2, -0.15) is 5.26 Å². The number of benzene rings is 1. The number of nitriles is 1. The molecule has 0 N–H and O–H groups in total. The lowest BCUT2D eigenvalue weighted by atomic mass is 9.85. The third-order valence-corrected chi connectivity index (χ3v) is 5.03. The van der Waals surface area contributed by atoms with Crippen molar-refractivity contribution in [2.75, 3.05) is 0 Å². The molecule has 0 unspecified atom stereocenters. The molecule has 1 aliphatic rings. The quantitative estimate of drug-likeness (QED) is 0.700. The summed E-state index contributed by atoms with van der Waals surface area (Å²) in [7, 11) is 0. The second-order valence-electron chi connectivity index (χ2n) is 7.77. The maximum Gasteiger partial charge on any atom is 0.261 e. The molecule has 4 rings (SSSR count). The van der Waals surface area contributed by atoms with Crippen LogP contribution in [0.15, 0.2) is 41.3 Å². The van der Waals surface area contributed by atoms with Gasteiger partial charge in [-0.15, -0.1) is 0 Å². The van der Waals surface area contributed by atoms with Crippen LogP contribution in [-0.4, -0.2) is 14.5 Å². The Hall–Kier alpha value is -3.26. The summed E-state index contributed by atoms with van der Waals surface area (Å²) in [6.45, 7) is 5.10. The molecule has 1 aliphatic heterocycles. The van der Waals surface area contributed by atoms with Crippen molar-refractivity contribution in [3.05, 3.63) is 69.5 Å². The Kier molecular flexibility index (Phi) is 4.12. The second kappa shape index (κ2) is 6.48. The molecule has 3 aromatic rings. The predicted octanol–water partition coefficient (Wildman–Crippen LogP) is 3.81. The van der Waals surface area contributed by atoms with Crippen LogP contribution in [0.2, 0.25) is 0 Å². The van der Waals surface area contributed by atoms with E-state index < -0.39 is 0 Å². The van der Waals surface area contributed by atoms with Gasteiger partial charge in [-0.1, -0.05) is 26.0 Å². The first-order valence-corrected chi connectivity index (χ1v) is 9.03. The molecule has 0 atom stereocenters. The highest BCUT2D eigenvalue weighted by molar-refractivity contribution is 5.82. The molecule has 0 aliphatic carbocycles. The molecule has 0 fully saturated rings. The molecule has 134 valence electrons. The molecule has 3 heterocycles. The summed E-state index contributed by atoms with van der Waals surface area (Å²) in [4.78, 5) is 21.9. The summed E-state index contributed by atoms with van der Waals surface area (Å²) in [5.41, 5.74) is 3.13. The smallest absolute Gasteiger partial charge is 0.261 e. The Morgan fingerprint density at radius 2 is 2.07 bits per heavy atom. The van der Waals surface area contributed by atoms with E-state index in [-0.39, 0.29) is 11.0 Å². The summed E-state index contributed by atoms with van der Waals surface area (Å²) in [5, 5.41) is 9.63. The van der Waals surface area contributed by atoms with E-state index in [4.69, 9.17) is 10.2 Å². The Labute approximate surface area is 157 Å². The molecule has 27 heavy (non-hydrogen) atoms. The van der Waals surface area contributed by atoms with E-state index in [1.54, 1.807) is 18.3 Å². The van der Waals surface area contributed by atoms with Crippen LogP contribution >= 0.6 is 0 Å². The predicted molar refractivity (Wildman–Crippen MR) is 106 cm³/mol. The van der Waals surface area contributed by atoms with E-state index in [0.717, 1.165) is 35.4 Å². The SMILES string of the molecule is CC1(C)CCc2nc3cc(/C=C/c4cc(C#N)ccn4)ccc3c(=O)n2C1. The van der Waals surface area contributed by atoms with E-state index in [9.17, 15) is 4.79 Å². The molecule has 0 radical (unpaired) electrons. The topological polar surface area (TPSA) is 71.6 Å². The zero-order valence-corrected chi connectivity index (χ0v) is 15.4. The largest absolute Gasteiger partial charge is 0.296 e. The summed E-state index contributed by atoms with van der Waals surface area (Å²) >= 11 is 0. The Morgan fingerprint density at radius 3 is 2.89 bits per heavy atom. The van der Waals surface area contributed by atoms with Crippen LogP contribution in [0.3, 0.4) is 0 Å². The van der Waals surface area contributed by atoms with Crippen molar-refractivity contribution in [1.29, 1.82) is 5.26 Å². The minimum Gasteiger partial charge on any atom is -0.296 e. The number of aryl methyl sites for hydroxylation is 1. The molecular formula is C22H20N4O. The van der Waals surface area contributed by atoms with Gasteiger partial charge >= 0.3 is 0 Å². The van der Waals surface area contributed by atoms with Crippen molar-refractivity contribution in [1.82, 2.24) is 14.5 Å². The fourth-order valence-electron chi connectivity index (χ4n) is 3.49. The number of pyridine rings is 1. The van der Waals surface area contributed by atoms with Gasteiger partial charge in [-0.3, -0.25) is 14.3 Å². The number of rotatable bonds is 2. The van der Waals surface area contributed by atoms with Gasteiger partial charge in [0.2, 0.25) is 0 Å². The molecule has 0 bridgehead atoms. The average molecular weight is 356 g/mol. The summed E-state index contributed by atoms with van der Waals surface area (Å²) < 4.78 is 1.83. The van der Waals surface area contributed by atoms with Crippen LogP contribution in [-0.2, 0) is 13.0 Å². The minimum atomic E-state index is 0.0432. The highest BCUT2D eigenvalue weighted by Gasteiger charge is 2.27. The maximum atomic E-state index is 12.9. The van der Waals surface area contributed by atoms with Gasteiger partial charge in [0, 0.05) is 19.2 Å². The first-order valence-electron chi connectivity index (χ1n) is 9.03. The van der Waals surface area contributed by atoms with Crippen molar-refractivity contribution in [2.24, 2.45) is 5.41 Å². The molecule has 2 aromatic heterocycles. The zero-order chi connectivity index (χ0) is 19.0. The molecule has 1 aromatic carbocycles. The lowest BCUT2D eigenvalue weighted by molar-refractivity contribution is 0.240. The number of nitrogens with zero attached hydrogens (tertiary/aromatic N) is 4. The fourth-order valence-corrected chi connectivity index (χ4v) is 3.49. The summed E-state index contributed by atoms with van der Waals surface area (Å²) in [6.07, 6.45) is 7.25. The number of fused-ring (bicyclic) bond motifs is 2. The fraction of sp³-hybridized carbons (Fsp3) is 0.273. The summed E-state index contributed by atoms with van der Waals surface area (Å²) in [5.74, 6) is 0.872. The Balaban J connectivity index is 1.72. The van der Waals surface area contributed by atoms with Crippen molar-refractivity contribution >= 4 is 23.1 Å². The normalized spacial score (nSPS) is 15.6. The van der Waals surface area contributed by atoms with Gasteiger partial charge in [0.05, 0.1) is 28.2 Å². The minimum absolute atomic E-state index is 0.0432. The third kappa shape index (κ3) is 3.39. The standard InChI is InChI=1S/C22H20N4O/c1-22(2)9-7-20-25-19-12-15(4-6-18(19)21(27)26(20)14-22)3-5-17-11-16(13-23)8-10-24-17/h3-6,8,10-12H,7,9,14H2,1-2H3/b5-3+. The monoisotopic (exact) mass is 356 g/mol. The van der Waals surface area contributed by atoms with Gasteiger partial charge in [0.1, 0.15) is 5.82 Å². The van der Waals surface area contributed by atoms with E-state index in [2.05, 4.69) is 24.9 Å². The molecular weight excluding hydrogens is 336 g/mol. The summed E-state index contributed by atoms with van der Waals surface area (Å²) in [6, 6.07) is 11.2. The van der Waals surface area contributed by atoms with Gasteiger partial charge < -0.3 is 0 Å². The van der Waals surface area contributed by atoms with Crippen molar-refractivity contribution < 1.29 is 0 Å². The second-order valence-corrected chi connectivity index (χ2v) is 7.77.